The van der Waals surface area contributed by atoms with Crippen molar-refractivity contribution < 1.29 is 4.79 Å². The molecule has 1 aromatic carbocycles. The molecule has 4 heteroatoms. The van der Waals surface area contributed by atoms with E-state index in [1.807, 2.05) is 30.3 Å². The second kappa shape index (κ2) is 3.49. The number of hydrogen-bond donors (Lipinski definition) is 1. The van der Waals surface area contributed by atoms with E-state index >= 15 is 0 Å². The monoisotopic (exact) mass is 189 g/mol. The zero-order valence-corrected chi connectivity index (χ0v) is 7.68. The molecule has 0 unspecified atom stereocenters. The van der Waals surface area contributed by atoms with E-state index in [0.717, 1.165) is 17.7 Å². The number of rotatable bonds is 1. The number of benzene rings is 1. The maximum Gasteiger partial charge on any atom is 0.335 e. The number of urea groups is 1. The van der Waals surface area contributed by atoms with Crippen molar-refractivity contribution in [3.05, 3.63) is 35.9 Å². The summed E-state index contributed by atoms with van der Waals surface area (Å²) in [7, 11) is 0. The van der Waals surface area contributed by atoms with Gasteiger partial charge in [-0.2, -0.15) is 5.10 Å². The Labute approximate surface area is 82.0 Å². The molecule has 0 atom stereocenters. The Morgan fingerprint density at radius 2 is 2.07 bits per heavy atom. The van der Waals surface area contributed by atoms with Crippen LogP contribution in [-0.4, -0.2) is 23.3 Å². The number of hydrazone groups is 1. The van der Waals surface area contributed by atoms with Crippen LogP contribution < -0.4 is 5.73 Å². The number of carbonyl (C=O) groups excluding carboxylic acids is 1. The van der Waals surface area contributed by atoms with E-state index < -0.39 is 6.03 Å². The minimum atomic E-state index is -0.490. The van der Waals surface area contributed by atoms with E-state index in [1.54, 1.807) is 0 Å². The molecular weight excluding hydrogens is 178 g/mol. The van der Waals surface area contributed by atoms with Gasteiger partial charge in [0.05, 0.1) is 12.3 Å². The summed E-state index contributed by atoms with van der Waals surface area (Å²) in [6, 6.07) is 9.31. The molecule has 1 aliphatic heterocycles. The summed E-state index contributed by atoms with van der Waals surface area (Å²) >= 11 is 0. The van der Waals surface area contributed by atoms with Gasteiger partial charge in [0, 0.05) is 6.42 Å². The van der Waals surface area contributed by atoms with Crippen molar-refractivity contribution in [2.75, 3.05) is 6.54 Å². The lowest BCUT2D eigenvalue weighted by atomic mass is 10.1. The minimum Gasteiger partial charge on any atom is -0.350 e. The van der Waals surface area contributed by atoms with Gasteiger partial charge in [-0.1, -0.05) is 30.3 Å². The predicted octanol–water partition coefficient (Wildman–Crippen LogP) is 1.18. The molecule has 0 aromatic heterocycles. The normalized spacial score (nSPS) is 15.4. The molecule has 0 fully saturated rings. The highest BCUT2D eigenvalue weighted by Gasteiger charge is 2.18. The first kappa shape index (κ1) is 8.74. The van der Waals surface area contributed by atoms with Crippen LogP contribution in [0, 0.1) is 0 Å². The Morgan fingerprint density at radius 1 is 1.36 bits per heavy atom. The third kappa shape index (κ3) is 1.59. The van der Waals surface area contributed by atoms with Gasteiger partial charge in [-0.15, -0.1) is 0 Å². The van der Waals surface area contributed by atoms with Gasteiger partial charge < -0.3 is 5.73 Å². The van der Waals surface area contributed by atoms with Crippen LogP contribution in [0.5, 0.6) is 0 Å². The Balaban J connectivity index is 2.22. The van der Waals surface area contributed by atoms with Crippen LogP contribution in [0.4, 0.5) is 4.79 Å². The highest BCUT2D eigenvalue weighted by atomic mass is 16.2. The van der Waals surface area contributed by atoms with Crippen molar-refractivity contribution in [2.24, 2.45) is 10.8 Å². The van der Waals surface area contributed by atoms with E-state index in [-0.39, 0.29) is 0 Å². The second-order valence-electron chi connectivity index (χ2n) is 3.12. The summed E-state index contributed by atoms with van der Waals surface area (Å²) in [5.41, 5.74) is 7.09. The average Bonchev–Trinajstić information content (AvgIpc) is 2.68. The maximum absolute atomic E-state index is 10.8. The molecule has 0 aliphatic carbocycles. The van der Waals surface area contributed by atoms with E-state index in [9.17, 15) is 4.79 Å². The summed E-state index contributed by atoms with van der Waals surface area (Å²) < 4.78 is 0. The van der Waals surface area contributed by atoms with Gasteiger partial charge in [0.1, 0.15) is 0 Å². The van der Waals surface area contributed by atoms with Gasteiger partial charge in [-0.05, 0) is 5.56 Å². The maximum atomic E-state index is 10.8. The molecule has 4 nitrogen and oxygen atoms in total. The lowest BCUT2D eigenvalue weighted by Gasteiger charge is -2.05. The lowest BCUT2D eigenvalue weighted by molar-refractivity contribution is 0.215. The molecule has 1 aliphatic rings. The van der Waals surface area contributed by atoms with Crippen molar-refractivity contribution in [1.82, 2.24) is 5.01 Å². The van der Waals surface area contributed by atoms with E-state index in [0.29, 0.717) is 6.54 Å². The number of amides is 2. The van der Waals surface area contributed by atoms with Gasteiger partial charge in [-0.25, -0.2) is 9.80 Å². The van der Waals surface area contributed by atoms with Crippen LogP contribution in [-0.2, 0) is 0 Å². The van der Waals surface area contributed by atoms with Crippen molar-refractivity contribution in [3.63, 3.8) is 0 Å². The van der Waals surface area contributed by atoms with Gasteiger partial charge >= 0.3 is 6.03 Å². The molecule has 2 amide bonds. The zero-order valence-electron chi connectivity index (χ0n) is 7.68. The SMILES string of the molecule is NC(=O)N1CCC(c2ccccc2)=N1. The minimum absolute atomic E-state index is 0.490. The number of nitrogens with two attached hydrogens (primary N) is 1. The molecule has 0 saturated heterocycles. The Morgan fingerprint density at radius 3 is 2.64 bits per heavy atom. The Bertz CT molecular complexity index is 372. The first-order valence-electron chi connectivity index (χ1n) is 4.47. The van der Waals surface area contributed by atoms with Gasteiger partial charge in [0.15, 0.2) is 0 Å². The highest BCUT2D eigenvalue weighted by Crippen LogP contribution is 2.12. The van der Waals surface area contributed by atoms with E-state index in [1.165, 1.54) is 5.01 Å². The van der Waals surface area contributed by atoms with Crippen LogP contribution in [0.25, 0.3) is 0 Å². The van der Waals surface area contributed by atoms with Crippen LogP contribution in [0.15, 0.2) is 35.4 Å². The van der Waals surface area contributed by atoms with Crippen LogP contribution in [0.2, 0.25) is 0 Å². The van der Waals surface area contributed by atoms with Crippen LogP contribution in [0.3, 0.4) is 0 Å². The summed E-state index contributed by atoms with van der Waals surface area (Å²) in [4.78, 5) is 10.8. The van der Waals surface area contributed by atoms with Gasteiger partial charge in [-0.3, -0.25) is 0 Å². The number of primary amides is 1. The largest absolute Gasteiger partial charge is 0.350 e. The fourth-order valence-corrected chi connectivity index (χ4v) is 1.45. The molecule has 0 radical (unpaired) electrons. The highest BCUT2D eigenvalue weighted by molar-refractivity contribution is 6.02. The zero-order chi connectivity index (χ0) is 9.97. The Kier molecular flexibility index (Phi) is 2.18. The molecule has 14 heavy (non-hydrogen) atoms. The third-order valence-corrected chi connectivity index (χ3v) is 2.16. The molecule has 72 valence electrons. The topological polar surface area (TPSA) is 58.7 Å². The standard InChI is InChI=1S/C10H11N3O/c11-10(14)13-7-6-9(12-13)8-4-2-1-3-5-8/h1-5H,6-7H2,(H2,11,14). The summed E-state index contributed by atoms with van der Waals surface area (Å²) in [6.45, 7) is 0.583. The first-order valence-corrected chi connectivity index (χ1v) is 4.47. The average molecular weight is 189 g/mol. The molecule has 1 heterocycles. The summed E-state index contributed by atoms with van der Waals surface area (Å²) in [5, 5.41) is 5.43. The number of nitrogens with zero attached hydrogens (tertiary/aromatic N) is 2. The van der Waals surface area contributed by atoms with Gasteiger partial charge in [0.25, 0.3) is 0 Å². The van der Waals surface area contributed by atoms with Crippen molar-refractivity contribution in [3.8, 4) is 0 Å². The van der Waals surface area contributed by atoms with Crippen molar-refractivity contribution in [2.45, 2.75) is 6.42 Å². The molecule has 0 saturated carbocycles. The van der Waals surface area contributed by atoms with Gasteiger partial charge in [0.2, 0.25) is 0 Å². The number of hydrogen-bond acceptors (Lipinski definition) is 2. The lowest BCUT2D eigenvalue weighted by Crippen LogP contribution is -2.29. The molecule has 0 bridgehead atoms. The quantitative estimate of drug-likeness (QED) is 0.708. The van der Waals surface area contributed by atoms with Crippen LogP contribution in [0.1, 0.15) is 12.0 Å². The third-order valence-electron chi connectivity index (χ3n) is 2.16. The Hall–Kier alpha value is -1.84. The molecule has 1 aromatic rings. The van der Waals surface area contributed by atoms with Crippen LogP contribution >= 0.6 is 0 Å². The molecule has 2 N–H and O–H groups in total. The van der Waals surface area contributed by atoms with E-state index in [4.69, 9.17) is 5.73 Å². The summed E-state index contributed by atoms with van der Waals surface area (Å²) in [5.74, 6) is 0. The first-order chi connectivity index (χ1) is 6.77. The number of carbonyl (C=O) groups is 1. The van der Waals surface area contributed by atoms with Crippen molar-refractivity contribution >= 4 is 11.7 Å². The molecule has 2 rings (SSSR count). The molecule has 0 spiro atoms. The summed E-state index contributed by atoms with van der Waals surface area (Å²) in [6.07, 6.45) is 0.771. The van der Waals surface area contributed by atoms with Crippen molar-refractivity contribution in [1.29, 1.82) is 0 Å². The fraction of sp³-hybridized carbons (Fsp3) is 0.200. The van der Waals surface area contributed by atoms with E-state index in [2.05, 4.69) is 5.10 Å². The fourth-order valence-electron chi connectivity index (χ4n) is 1.45. The molecular formula is C10H11N3O. The smallest absolute Gasteiger partial charge is 0.335 e. The second-order valence-corrected chi connectivity index (χ2v) is 3.12. The predicted molar refractivity (Wildman–Crippen MR) is 53.9 cm³/mol.